The van der Waals surface area contributed by atoms with Crippen LogP contribution in [0.4, 0.5) is 5.69 Å². The van der Waals surface area contributed by atoms with Gasteiger partial charge in [-0.3, -0.25) is 19.8 Å². The third kappa shape index (κ3) is 3.82. The molecule has 1 aliphatic rings. The van der Waals surface area contributed by atoms with Gasteiger partial charge in [-0.15, -0.1) is 0 Å². The van der Waals surface area contributed by atoms with Crippen LogP contribution in [0.1, 0.15) is 28.1 Å². The number of rotatable bonds is 3. The number of halogens is 1. The first-order chi connectivity index (χ1) is 15.2. The molecule has 2 aromatic carbocycles. The predicted octanol–water partition coefficient (Wildman–Crippen LogP) is 5.30. The van der Waals surface area contributed by atoms with Gasteiger partial charge in [0.2, 0.25) is 0 Å². The van der Waals surface area contributed by atoms with E-state index in [0.29, 0.717) is 5.69 Å². The summed E-state index contributed by atoms with van der Waals surface area (Å²) >= 11 is 8.94. The number of carbonyl (C=O) groups is 2. The minimum atomic E-state index is -0.494. The first-order valence-corrected chi connectivity index (χ1v) is 11.3. The SMILES string of the molecule is Cc1ccc(N2C(=O)/C(=C/c3cc(C)n(-c4ccccc4Br)c3C)C(=O)NC2=S)c(C)c1. The molecule has 7 heteroatoms. The second kappa shape index (κ2) is 8.48. The number of hydrogen-bond donors (Lipinski definition) is 1. The van der Waals surface area contributed by atoms with E-state index in [1.807, 2.05) is 76.2 Å². The number of hydrogen-bond acceptors (Lipinski definition) is 3. The highest BCUT2D eigenvalue weighted by atomic mass is 79.9. The molecule has 5 nitrogen and oxygen atoms in total. The molecule has 0 unspecified atom stereocenters. The lowest BCUT2D eigenvalue weighted by atomic mass is 10.0. The summed E-state index contributed by atoms with van der Waals surface area (Å²) in [6, 6.07) is 15.6. The zero-order valence-corrected chi connectivity index (χ0v) is 20.6. The maximum absolute atomic E-state index is 13.4. The second-order valence-corrected chi connectivity index (χ2v) is 9.10. The first kappa shape index (κ1) is 22.2. The molecule has 0 bridgehead atoms. The first-order valence-electron chi connectivity index (χ1n) is 10.1. The Morgan fingerprint density at radius 2 is 1.69 bits per heavy atom. The molecule has 1 saturated heterocycles. The van der Waals surface area contributed by atoms with Gasteiger partial charge in [0.15, 0.2) is 5.11 Å². The fraction of sp³-hybridized carbons (Fsp3) is 0.160. The third-order valence-electron chi connectivity index (χ3n) is 5.56. The van der Waals surface area contributed by atoms with E-state index in [1.54, 1.807) is 6.08 Å². The number of nitrogens with zero attached hydrogens (tertiary/aromatic N) is 2. The molecule has 0 saturated carbocycles. The van der Waals surface area contributed by atoms with Gasteiger partial charge in [0.25, 0.3) is 11.8 Å². The average Bonchev–Trinajstić information content (AvgIpc) is 3.00. The van der Waals surface area contributed by atoms with E-state index in [0.717, 1.165) is 38.2 Å². The van der Waals surface area contributed by atoms with Gasteiger partial charge < -0.3 is 4.57 Å². The summed E-state index contributed by atoms with van der Waals surface area (Å²) < 4.78 is 3.05. The van der Waals surface area contributed by atoms with Crippen LogP contribution in [0.2, 0.25) is 0 Å². The molecule has 3 aromatic rings. The fourth-order valence-electron chi connectivity index (χ4n) is 4.03. The van der Waals surface area contributed by atoms with E-state index in [1.165, 1.54) is 4.90 Å². The predicted molar refractivity (Wildman–Crippen MR) is 135 cm³/mol. The van der Waals surface area contributed by atoms with Crippen LogP contribution >= 0.6 is 28.1 Å². The van der Waals surface area contributed by atoms with Crippen LogP contribution in [0.15, 0.2) is 58.6 Å². The van der Waals surface area contributed by atoms with Crippen molar-refractivity contribution in [3.8, 4) is 5.69 Å². The quantitative estimate of drug-likeness (QED) is 0.297. The van der Waals surface area contributed by atoms with E-state index in [2.05, 4.69) is 25.8 Å². The maximum atomic E-state index is 13.4. The van der Waals surface area contributed by atoms with Gasteiger partial charge in [0.1, 0.15) is 5.57 Å². The summed E-state index contributed by atoms with van der Waals surface area (Å²) in [5.41, 5.74) is 6.40. The van der Waals surface area contributed by atoms with E-state index >= 15 is 0 Å². The maximum Gasteiger partial charge on any atom is 0.270 e. The van der Waals surface area contributed by atoms with E-state index in [4.69, 9.17) is 12.2 Å². The highest BCUT2D eigenvalue weighted by molar-refractivity contribution is 9.10. The number of aromatic nitrogens is 1. The molecule has 1 aromatic heterocycles. The summed E-state index contributed by atoms with van der Waals surface area (Å²) in [6.45, 7) is 7.87. The van der Waals surface area contributed by atoms with Crippen LogP contribution in [-0.2, 0) is 9.59 Å². The number of amides is 2. The van der Waals surface area contributed by atoms with Crippen LogP contribution in [0.3, 0.4) is 0 Å². The van der Waals surface area contributed by atoms with Crippen molar-refractivity contribution in [2.24, 2.45) is 0 Å². The molecule has 2 heterocycles. The molecule has 162 valence electrons. The summed E-state index contributed by atoms with van der Waals surface area (Å²) in [7, 11) is 0. The zero-order valence-electron chi connectivity index (χ0n) is 18.2. The number of benzene rings is 2. The highest BCUT2D eigenvalue weighted by Gasteiger charge is 2.35. The molecule has 2 amide bonds. The number of anilines is 1. The van der Waals surface area contributed by atoms with Gasteiger partial charge in [-0.2, -0.15) is 0 Å². The average molecular weight is 508 g/mol. The van der Waals surface area contributed by atoms with Gasteiger partial charge in [-0.05, 0) is 97.3 Å². The minimum absolute atomic E-state index is 0.0472. The molecule has 4 rings (SSSR count). The smallest absolute Gasteiger partial charge is 0.270 e. The molecule has 0 atom stereocenters. The number of para-hydroxylation sites is 1. The molecule has 0 aliphatic carbocycles. The summed E-state index contributed by atoms with van der Waals surface area (Å²) in [4.78, 5) is 27.5. The van der Waals surface area contributed by atoms with Gasteiger partial charge in [-0.25, -0.2) is 0 Å². The van der Waals surface area contributed by atoms with Crippen molar-refractivity contribution in [1.29, 1.82) is 0 Å². The zero-order chi connectivity index (χ0) is 23.2. The Hall–Kier alpha value is -3.03. The molecule has 32 heavy (non-hydrogen) atoms. The van der Waals surface area contributed by atoms with Gasteiger partial charge in [0.05, 0.1) is 11.4 Å². The third-order valence-corrected chi connectivity index (χ3v) is 6.51. The van der Waals surface area contributed by atoms with Crippen molar-refractivity contribution < 1.29 is 9.59 Å². The van der Waals surface area contributed by atoms with Gasteiger partial charge in [0, 0.05) is 15.9 Å². The van der Waals surface area contributed by atoms with Gasteiger partial charge in [-0.1, -0.05) is 29.8 Å². The summed E-state index contributed by atoms with van der Waals surface area (Å²) in [5, 5.41) is 2.75. The molecule has 1 N–H and O–H groups in total. The number of aryl methyl sites for hydroxylation is 3. The lowest BCUT2D eigenvalue weighted by Crippen LogP contribution is -2.54. The van der Waals surface area contributed by atoms with Crippen LogP contribution in [0, 0.1) is 27.7 Å². The molecular formula is C25H22BrN3O2S. The van der Waals surface area contributed by atoms with Gasteiger partial charge >= 0.3 is 0 Å². The molecule has 0 spiro atoms. The van der Waals surface area contributed by atoms with E-state index in [9.17, 15) is 9.59 Å². The number of thiocarbonyl (C=S) groups is 1. The molecule has 1 fully saturated rings. The molecule has 1 aliphatic heterocycles. The Balaban J connectivity index is 1.79. The van der Waals surface area contributed by atoms with Crippen LogP contribution < -0.4 is 10.2 Å². The van der Waals surface area contributed by atoms with Crippen molar-refractivity contribution in [3.63, 3.8) is 0 Å². The van der Waals surface area contributed by atoms with Crippen LogP contribution in [-0.4, -0.2) is 21.5 Å². The lowest BCUT2D eigenvalue weighted by molar-refractivity contribution is -0.122. The topological polar surface area (TPSA) is 54.3 Å². The summed E-state index contributed by atoms with van der Waals surface area (Å²) in [5.74, 6) is -0.928. The Morgan fingerprint density at radius 3 is 2.38 bits per heavy atom. The molecule has 0 radical (unpaired) electrons. The van der Waals surface area contributed by atoms with E-state index in [-0.39, 0.29) is 10.7 Å². The van der Waals surface area contributed by atoms with Crippen molar-refractivity contribution in [2.45, 2.75) is 27.7 Å². The Kier molecular flexibility index (Phi) is 5.88. The van der Waals surface area contributed by atoms with Crippen molar-refractivity contribution in [2.75, 3.05) is 4.90 Å². The second-order valence-electron chi connectivity index (χ2n) is 7.86. The monoisotopic (exact) mass is 507 g/mol. The Labute approximate surface area is 200 Å². The van der Waals surface area contributed by atoms with Crippen molar-refractivity contribution >= 4 is 56.8 Å². The highest BCUT2D eigenvalue weighted by Crippen LogP contribution is 2.30. The number of carbonyl (C=O) groups excluding carboxylic acids is 2. The number of nitrogens with one attached hydrogen (secondary N) is 1. The lowest BCUT2D eigenvalue weighted by Gasteiger charge is -2.30. The summed E-state index contributed by atoms with van der Waals surface area (Å²) in [6.07, 6.45) is 1.64. The Morgan fingerprint density at radius 1 is 0.969 bits per heavy atom. The van der Waals surface area contributed by atoms with E-state index < -0.39 is 11.8 Å². The fourth-order valence-corrected chi connectivity index (χ4v) is 4.76. The normalized spacial score (nSPS) is 15.5. The standard InChI is InChI=1S/C25H22BrN3O2S/c1-14-9-10-21(15(2)11-14)29-24(31)19(23(30)27-25(29)32)13-18-12-16(3)28(17(18)4)22-8-6-5-7-20(22)26/h5-13H,1-4H3,(H,27,30,32)/b19-13+. The van der Waals surface area contributed by atoms with Crippen LogP contribution in [0.5, 0.6) is 0 Å². The Bertz CT molecular complexity index is 1320. The largest absolute Gasteiger partial charge is 0.317 e. The van der Waals surface area contributed by atoms with Crippen LogP contribution in [0.25, 0.3) is 11.8 Å². The molecular weight excluding hydrogens is 486 g/mol. The minimum Gasteiger partial charge on any atom is -0.317 e. The van der Waals surface area contributed by atoms with Crippen molar-refractivity contribution in [1.82, 2.24) is 9.88 Å². The van der Waals surface area contributed by atoms with Crippen molar-refractivity contribution in [3.05, 3.63) is 86.7 Å².